The summed E-state index contributed by atoms with van der Waals surface area (Å²) in [5.41, 5.74) is 3.02. The highest BCUT2D eigenvalue weighted by atomic mass is 32.2. The largest absolute Gasteiger partial charge is 0.439 e. The number of nitrogens with zero attached hydrogens (tertiary/aromatic N) is 4. The van der Waals surface area contributed by atoms with Gasteiger partial charge in [-0.05, 0) is 49.7 Å². The molecule has 4 aromatic rings. The second-order valence-electron chi connectivity index (χ2n) is 7.03. The average Bonchev–Trinajstić information content (AvgIpc) is 3.08. The molecule has 31 heavy (non-hydrogen) atoms. The van der Waals surface area contributed by atoms with Crippen molar-refractivity contribution in [2.75, 3.05) is 4.72 Å². The number of hydrogen-bond donors (Lipinski definition) is 1. The van der Waals surface area contributed by atoms with Gasteiger partial charge in [-0.25, -0.2) is 23.1 Å². The molecule has 0 amide bonds. The number of benzene rings is 2. The van der Waals surface area contributed by atoms with Crippen molar-refractivity contribution < 1.29 is 13.2 Å². The molecule has 0 unspecified atom stereocenters. The summed E-state index contributed by atoms with van der Waals surface area (Å²) in [6, 6.07) is 19.3. The van der Waals surface area contributed by atoms with Crippen molar-refractivity contribution in [2.45, 2.75) is 19.6 Å². The number of anilines is 1. The maximum absolute atomic E-state index is 12.4. The van der Waals surface area contributed by atoms with E-state index < -0.39 is 10.0 Å². The summed E-state index contributed by atoms with van der Waals surface area (Å²) in [6.45, 7) is 3.86. The lowest BCUT2D eigenvalue weighted by atomic mass is 10.2. The normalized spacial score (nSPS) is 11.3. The average molecular weight is 436 g/mol. The van der Waals surface area contributed by atoms with E-state index in [-0.39, 0.29) is 5.75 Å². The van der Waals surface area contributed by atoms with Gasteiger partial charge < -0.3 is 4.74 Å². The molecule has 4 rings (SSSR count). The third-order valence-electron chi connectivity index (χ3n) is 4.40. The molecular formula is C22H21N5O3S. The Morgan fingerprint density at radius 1 is 0.968 bits per heavy atom. The smallest absolute Gasteiger partial charge is 0.236 e. The summed E-state index contributed by atoms with van der Waals surface area (Å²) in [6.07, 6.45) is 1.41. The van der Waals surface area contributed by atoms with E-state index in [1.807, 2.05) is 38.1 Å². The molecule has 0 aliphatic carbocycles. The van der Waals surface area contributed by atoms with Crippen LogP contribution in [0.3, 0.4) is 0 Å². The van der Waals surface area contributed by atoms with Gasteiger partial charge >= 0.3 is 0 Å². The Balaban J connectivity index is 1.44. The summed E-state index contributed by atoms with van der Waals surface area (Å²) in [4.78, 5) is 8.39. The van der Waals surface area contributed by atoms with Crippen molar-refractivity contribution >= 4 is 15.7 Å². The number of hydrogen-bond acceptors (Lipinski definition) is 6. The molecular weight excluding hydrogens is 414 g/mol. The van der Waals surface area contributed by atoms with Crippen LogP contribution in [0.15, 0.2) is 73.1 Å². The van der Waals surface area contributed by atoms with Crippen molar-refractivity contribution in [1.29, 1.82) is 0 Å². The van der Waals surface area contributed by atoms with E-state index >= 15 is 0 Å². The molecule has 1 N–H and O–H groups in total. The van der Waals surface area contributed by atoms with Gasteiger partial charge in [0.25, 0.3) is 0 Å². The van der Waals surface area contributed by atoms with E-state index in [9.17, 15) is 8.42 Å². The molecule has 2 heterocycles. The van der Waals surface area contributed by atoms with Crippen LogP contribution in [0.5, 0.6) is 11.6 Å². The second kappa shape index (κ2) is 8.57. The van der Waals surface area contributed by atoms with Crippen molar-refractivity contribution in [3.63, 3.8) is 0 Å². The predicted molar refractivity (Wildman–Crippen MR) is 118 cm³/mol. The highest BCUT2D eigenvalue weighted by Crippen LogP contribution is 2.23. The molecule has 0 bridgehead atoms. The van der Waals surface area contributed by atoms with Crippen LogP contribution in [0, 0.1) is 13.8 Å². The third kappa shape index (κ3) is 5.26. The monoisotopic (exact) mass is 435 g/mol. The Hall–Kier alpha value is -3.72. The van der Waals surface area contributed by atoms with Gasteiger partial charge in [0.05, 0.1) is 11.4 Å². The molecule has 0 fully saturated rings. The lowest BCUT2D eigenvalue weighted by Gasteiger charge is -2.10. The molecule has 8 nitrogen and oxygen atoms in total. The number of ether oxygens (including phenoxy) is 1. The van der Waals surface area contributed by atoms with Crippen LogP contribution in [0.4, 0.5) is 5.69 Å². The first-order valence-electron chi connectivity index (χ1n) is 9.56. The number of nitrogens with one attached hydrogen (secondary N) is 1. The zero-order valence-electron chi connectivity index (χ0n) is 17.1. The van der Waals surface area contributed by atoms with Gasteiger partial charge in [0.15, 0.2) is 5.82 Å². The van der Waals surface area contributed by atoms with E-state index in [0.717, 1.165) is 17.0 Å². The fourth-order valence-electron chi connectivity index (χ4n) is 3.08. The van der Waals surface area contributed by atoms with E-state index in [1.54, 1.807) is 47.1 Å². The third-order valence-corrected chi connectivity index (χ3v) is 5.66. The zero-order valence-corrected chi connectivity index (χ0v) is 17.9. The number of aryl methyl sites for hydroxylation is 2. The van der Waals surface area contributed by atoms with Crippen LogP contribution in [0.1, 0.15) is 17.0 Å². The molecule has 158 valence electrons. The van der Waals surface area contributed by atoms with Gasteiger partial charge in [-0.1, -0.05) is 30.3 Å². The van der Waals surface area contributed by atoms with Crippen LogP contribution >= 0.6 is 0 Å². The molecule has 0 radical (unpaired) electrons. The van der Waals surface area contributed by atoms with Crippen molar-refractivity contribution in [2.24, 2.45) is 0 Å². The first-order chi connectivity index (χ1) is 14.9. The standard InChI is InChI=1S/C22H21N5O3S/c1-16-12-17(2)27(25-16)21-13-22(24-15-23-21)30-20-10-8-19(9-11-20)26-31(28,29)14-18-6-4-3-5-7-18/h3-13,15,26H,14H2,1-2H3. The van der Waals surface area contributed by atoms with Crippen LogP contribution in [-0.4, -0.2) is 28.2 Å². The number of rotatable bonds is 7. The molecule has 2 aromatic heterocycles. The first kappa shape index (κ1) is 20.5. The Morgan fingerprint density at radius 3 is 2.39 bits per heavy atom. The van der Waals surface area contributed by atoms with Gasteiger partial charge in [0, 0.05) is 17.4 Å². The van der Waals surface area contributed by atoms with Gasteiger partial charge in [0.2, 0.25) is 15.9 Å². The predicted octanol–water partition coefficient (Wildman–Crippen LogP) is 4.01. The summed E-state index contributed by atoms with van der Waals surface area (Å²) < 4.78 is 34.8. The minimum atomic E-state index is -3.52. The van der Waals surface area contributed by atoms with Crippen LogP contribution in [0.25, 0.3) is 5.82 Å². The fourth-order valence-corrected chi connectivity index (χ4v) is 4.28. The second-order valence-corrected chi connectivity index (χ2v) is 8.75. The van der Waals surface area contributed by atoms with Gasteiger partial charge in [-0.15, -0.1) is 0 Å². The molecule has 9 heteroatoms. The summed E-state index contributed by atoms with van der Waals surface area (Å²) in [5, 5.41) is 4.41. The molecule has 0 atom stereocenters. The van der Waals surface area contributed by atoms with Gasteiger partial charge in [-0.3, -0.25) is 4.72 Å². The fraction of sp³-hybridized carbons (Fsp3) is 0.136. The van der Waals surface area contributed by atoms with E-state index in [0.29, 0.717) is 23.1 Å². The first-order valence-corrected chi connectivity index (χ1v) is 11.2. The Bertz CT molecular complexity index is 1290. The minimum absolute atomic E-state index is 0.0951. The molecule has 0 saturated carbocycles. The Morgan fingerprint density at radius 2 is 1.71 bits per heavy atom. The Labute approximate surface area is 180 Å². The van der Waals surface area contributed by atoms with Gasteiger partial charge in [0.1, 0.15) is 12.1 Å². The van der Waals surface area contributed by atoms with Crippen molar-refractivity contribution in [3.8, 4) is 17.4 Å². The quantitative estimate of drug-likeness (QED) is 0.471. The van der Waals surface area contributed by atoms with Crippen LogP contribution < -0.4 is 9.46 Å². The molecule has 0 saturated heterocycles. The molecule has 0 spiro atoms. The highest BCUT2D eigenvalue weighted by Gasteiger charge is 2.12. The summed E-state index contributed by atoms with van der Waals surface area (Å²) in [5.74, 6) is 1.38. The maximum Gasteiger partial charge on any atom is 0.236 e. The van der Waals surface area contributed by atoms with E-state index in [1.165, 1.54) is 6.33 Å². The van der Waals surface area contributed by atoms with Crippen LogP contribution in [-0.2, 0) is 15.8 Å². The SMILES string of the molecule is Cc1cc(C)n(-c2cc(Oc3ccc(NS(=O)(=O)Cc4ccccc4)cc3)ncn2)n1. The lowest BCUT2D eigenvalue weighted by Crippen LogP contribution is -2.14. The van der Waals surface area contributed by atoms with E-state index in [2.05, 4.69) is 19.8 Å². The number of aromatic nitrogens is 4. The van der Waals surface area contributed by atoms with Gasteiger partial charge in [-0.2, -0.15) is 5.10 Å². The Kier molecular flexibility index (Phi) is 5.68. The zero-order chi connectivity index (χ0) is 21.8. The van der Waals surface area contributed by atoms with Crippen molar-refractivity contribution in [1.82, 2.24) is 19.7 Å². The lowest BCUT2D eigenvalue weighted by molar-refractivity contribution is 0.460. The maximum atomic E-state index is 12.4. The molecule has 0 aliphatic rings. The summed E-state index contributed by atoms with van der Waals surface area (Å²) in [7, 11) is -3.52. The highest BCUT2D eigenvalue weighted by molar-refractivity contribution is 7.91. The molecule has 2 aromatic carbocycles. The molecule has 0 aliphatic heterocycles. The number of sulfonamides is 1. The van der Waals surface area contributed by atoms with E-state index in [4.69, 9.17) is 4.74 Å². The van der Waals surface area contributed by atoms with Crippen molar-refractivity contribution in [3.05, 3.63) is 90.0 Å². The minimum Gasteiger partial charge on any atom is -0.439 e. The topological polar surface area (TPSA) is 99.0 Å². The summed E-state index contributed by atoms with van der Waals surface area (Å²) >= 11 is 0. The van der Waals surface area contributed by atoms with Crippen LogP contribution in [0.2, 0.25) is 0 Å².